The van der Waals surface area contributed by atoms with Crippen LogP contribution in [0.3, 0.4) is 0 Å². The van der Waals surface area contributed by atoms with E-state index in [2.05, 4.69) is 21.8 Å². The zero-order valence-corrected chi connectivity index (χ0v) is 32.7. The molecule has 2 aromatic carbocycles. The lowest BCUT2D eigenvalue weighted by atomic mass is 9.83. The van der Waals surface area contributed by atoms with Crippen molar-refractivity contribution in [3.8, 4) is 34.8 Å². The number of carbonyl (C=O) groups excluding carboxylic acids is 2. The molecule has 1 aliphatic rings. The summed E-state index contributed by atoms with van der Waals surface area (Å²) in [5.74, 6) is 6.90. The molecule has 0 fully saturated rings. The number of rotatable bonds is 18. The van der Waals surface area contributed by atoms with Gasteiger partial charge in [-0.1, -0.05) is 74.4 Å². The molecule has 12 heteroatoms. The summed E-state index contributed by atoms with van der Waals surface area (Å²) in [6, 6.07) is 16.5. The summed E-state index contributed by atoms with van der Waals surface area (Å²) in [4.78, 5) is 37.1. The average molecular weight is 775 g/mol. The SMILES string of the molecule is CC#CC/C(=C\C=C/CC)OP(Oc1cccnc1)Oc1cccc2c1C(=O)c1c(OP(OC(/C=C/CC)=C/C=C\C)Oc3cccnc3)cccc1C2=O. The summed E-state index contributed by atoms with van der Waals surface area (Å²) in [6.45, 7) is 7.66. The van der Waals surface area contributed by atoms with E-state index in [4.69, 9.17) is 27.1 Å². The van der Waals surface area contributed by atoms with Gasteiger partial charge in [0.1, 0.15) is 34.5 Å². The van der Waals surface area contributed by atoms with Crippen molar-refractivity contribution >= 4 is 28.8 Å². The second-order valence-electron chi connectivity index (χ2n) is 11.4. The van der Waals surface area contributed by atoms with Gasteiger partial charge in [-0.25, -0.2) is 0 Å². The van der Waals surface area contributed by atoms with Gasteiger partial charge in [-0.3, -0.25) is 19.6 Å². The highest BCUT2D eigenvalue weighted by Gasteiger charge is 2.37. The quantitative estimate of drug-likeness (QED) is 0.0369. The van der Waals surface area contributed by atoms with E-state index in [1.165, 1.54) is 12.4 Å². The van der Waals surface area contributed by atoms with Crippen molar-refractivity contribution in [2.45, 2.75) is 47.0 Å². The molecule has 2 aromatic heterocycles. The van der Waals surface area contributed by atoms with Crippen LogP contribution in [0.4, 0.5) is 0 Å². The van der Waals surface area contributed by atoms with Gasteiger partial charge in [0, 0.05) is 23.5 Å². The van der Waals surface area contributed by atoms with Gasteiger partial charge in [0.25, 0.3) is 0 Å². The van der Waals surface area contributed by atoms with Crippen LogP contribution in [-0.2, 0) is 9.05 Å². The topological polar surface area (TPSA) is 115 Å². The minimum Gasteiger partial charge on any atom is -0.412 e. The van der Waals surface area contributed by atoms with Gasteiger partial charge >= 0.3 is 17.2 Å². The molecule has 2 unspecified atom stereocenters. The number of hydrogen-bond acceptors (Lipinski definition) is 10. The van der Waals surface area contributed by atoms with Crippen LogP contribution >= 0.6 is 17.2 Å². The van der Waals surface area contributed by atoms with E-state index >= 15 is 0 Å². The molecule has 55 heavy (non-hydrogen) atoms. The Balaban J connectivity index is 1.53. The zero-order valence-electron chi connectivity index (χ0n) is 30.9. The highest BCUT2D eigenvalue weighted by Crippen LogP contribution is 2.49. The molecular weight excluding hydrogens is 734 g/mol. The third-order valence-electron chi connectivity index (χ3n) is 7.41. The van der Waals surface area contributed by atoms with E-state index in [0.717, 1.165) is 12.8 Å². The molecule has 5 rings (SSSR count). The highest BCUT2D eigenvalue weighted by molar-refractivity contribution is 7.43. The molecule has 0 saturated heterocycles. The molecule has 280 valence electrons. The van der Waals surface area contributed by atoms with Crippen molar-refractivity contribution in [3.63, 3.8) is 0 Å². The average Bonchev–Trinajstić information content (AvgIpc) is 3.20. The first-order valence-electron chi connectivity index (χ1n) is 17.5. The summed E-state index contributed by atoms with van der Waals surface area (Å²) < 4.78 is 37.6. The van der Waals surface area contributed by atoms with Crippen LogP contribution in [0.2, 0.25) is 0 Å². The predicted molar refractivity (Wildman–Crippen MR) is 215 cm³/mol. The maximum absolute atomic E-state index is 14.7. The predicted octanol–water partition coefficient (Wildman–Crippen LogP) is 11.3. The van der Waals surface area contributed by atoms with Crippen LogP contribution in [0.15, 0.2) is 146 Å². The van der Waals surface area contributed by atoms with Gasteiger partial charge in [0.05, 0.1) is 29.9 Å². The van der Waals surface area contributed by atoms with Crippen LogP contribution in [0.25, 0.3) is 0 Å². The molecule has 2 atom stereocenters. The van der Waals surface area contributed by atoms with Crippen molar-refractivity contribution < 1.29 is 36.7 Å². The van der Waals surface area contributed by atoms with Crippen molar-refractivity contribution in [2.24, 2.45) is 0 Å². The molecule has 4 aromatic rings. The first-order valence-corrected chi connectivity index (χ1v) is 19.7. The molecule has 0 aliphatic heterocycles. The number of ketones is 2. The largest absolute Gasteiger partial charge is 0.530 e. The molecule has 0 spiro atoms. The molecule has 0 bridgehead atoms. The van der Waals surface area contributed by atoms with Gasteiger partial charge in [0.15, 0.2) is 5.78 Å². The smallest absolute Gasteiger partial charge is 0.412 e. The third-order valence-corrected chi connectivity index (χ3v) is 9.56. The molecule has 10 nitrogen and oxygen atoms in total. The summed E-state index contributed by atoms with van der Waals surface area (Å²) in [5.41, 5.74) is 0.389. The maximum Gasteiger partial charge on any atom is 0.530 e. The van der Waals surface area contributed by atoms with E-state index in [9.17, 15) is 9.59 Å². The third kappa shape index (κ3) is 11.3. The van der Waals surface area contributed by atoms with Crippen LogP contribution < -0.4 is 18.1 Å². The van der Waals surface area contributed by atoms with E-state index in [0.29, 0.717) is 23.0 Å². The van der Waals surface area contributed by atoms with Crippen molar-refractivity contribution in [3.05, 3.63) is 168 Å². The highest BCUT2D eigenvalue weighted by atomic mass is 31.2. The lowest BCUT2D eigenvalue weighted by Crippen LogP contribution is -2.22. The van der Waals surface area contributed by atoms with Gasteiger partial charge in [0.2, 0.25) is 5.78 Å². The van der Waals surface area contributed by atoms with Crippen LogP contribution in [0.5, 0.6) is 23.0 Å². The van der Waals surface area contributed by atoms with E-state index in [1.807, 2.05) is 57.2 Å². The van der Waals surface area contributed by atoms with Crippen LogP contribution in [0.1, 0.15) is 78.8 Å². The minimum atomic E-state index is -2.24. The van der Waals surface area contributed by atoms with Crippen LogP contribution in [0, 0.1) is 11.8 Å². The first-order chi connectivity index (χ1) is 26.9. The fourth-order valence-electron chi connectivity index (χ4n) is 4.91. The number of allylic oxidation sites excluding steroid dienone is 9. The van der Waals surface area contributed by atoms with E-state index in [-0.39, 0.29) is 46.0 Å². The van der Waals surface area contributed by atoms with E-state index < -0.39 is 23.0 Å². The summed E-state index contributed by atoms with van der Waals surface area (Å²) in [6.07, 6.45) is 23.0. The number of nitrogens with zero attached hydrogens (tertiary/aromatic N) is 2. The Morgan fingerprint density at radius 1 is 0.709 bits per heavy atom. The minimum absolute atomic E-state index is 0.0321. The van der Waals surface area contributed by atoms with E-state index in [1.54, 1.807) is 92.1 Å². The molecule has 0 saturated carbocycles. The maximum atomic E-state index is 14.7. The Morgan fingerprint density at radius 2 is 1.31 bits per heavy atom. The summed E-state index contributed by atoms with van der Waals surface area (Å²) >= 11 is 0. The molecular formula is C43H40N2O8P2. The standard InChI is InChI=1S/C43H40N2O8P2/c1-5-9-13-21-33(20-12-8-4)49-55(51-35-23-17-29-45-31-35)53-39-27-15-25-37-41(39)43(47)40-36(42(37)46)24-14-26-38(40)52-54(50-34-22-16-28-44-30-34)48-32(18-10-6-2)19-11-7-3/h6,9-11,13-19,21-31H,5,7,20H2,1-4H3/b10-6-,13-9-,19-11+,32-18+,33-21+. The monoisotopic (exact) mass is 774 g/mol. The molecule has 2 heterocycles. The lowest BCUT2D eigenvalue weighted by Gasteiger charge is -2.25. The molecule has 0 radical (unpaired) electrons. The Hall–Kier alpha value is -6.00. The Morgan fingerprint density at radius 3 is 1.84 bits per heavy atom. The van der Waals surface area contributed by atoms with Gasteiger partial charge < -0.3 is 27.1 Å². The van der Waals surface area contributed by atoms with Gasteiger partial charge in [-0.05, 0) is 81.3 Å². The zero-order chi connectivity index (χ0) is 38.8. The van der Waals surface area contributed by atoms with Gasteiger partial charge in [-0.15, -0.1) is 5.92 Å². The number of fused-ring (bicyclic) bond motifs is 2. The Bertz CT molecular complexity index is 2160. The fraction of sp³-hybridized carbons (Fsp3) is 0.163. The van der Waals surface area contributed by atoms with Crippen molar-refractivity contribution in [1.29, 1.82) is 0 Å². The number of carbonyl (C=O) groups is 2. The van der Waals surface area contributed by atoms with Crippen LogP contribution in [-0.4, -0.2) is 21.5 Å². The molecule has 0 N–H and O–H groups in total. The van der Waals surface area contributed by atoms with Gasteiger partial charge in [-0.2, -0.15) is 0 Å². The number of hydrogen-bond donors (Lipinski definition) is 0. The Labute approximate surface area is 324 Å². The number of aromatic nitrogens is 2. The lowest BCUT2D eigenvalue weighted by molar-refractivity contribution is 0.0975. The summed E-state index contributed by atoms with van der Waals surface area (Å²) in [7, 11) is -4.47. The summed E-state index contributed by atoms with van der Waals surface area (Å²) in [5, 5.41) is 0. The first kappa shape index (κ1) is 40.2. The Kier molecular flexibility index (Phi) is 15.4. The molecule has 0 amide bonds. The molecule has 1 aliphatic carbocycles. The fourth-order valence-corrected chi connectivity index (χ4v) is 6.93. The number of benzene rings is 2. The number of pyridine rings is 2. The van der Waals surface area contributed by atoms with Crippen molar-refractivity contribution in [1.82, 2.24) is 9.97 Å². The second kappa shape index (κ2) is 21.0. The van der Waals surface area contributed by atoms with Crippen molar-refractivity contribution in [2.75, 3.05) is 0 Å². The second-order valence-corrected chi connectivity index (χ2v) is 13.4. The normalized spacial score (nSPS) is 13.8.